The number of para-hydroxylation sites is 1. The van der Waals surface area contributed by atoms with Gasteiger partial charge in [0, 0.05) is 30.1 Å². The van der Waals surface area contributed by atoms with Crippen molar-refractivity contribution in [2.45, 2.75) is 12.6 Å². The molecule has 1 aromatic carbocycles. The van der Waals surface area contributed by atoms with Crippen molar-refractivity contribution in [1.82, 2.24) is 5.32 Å². The zero-order valence-corrected chi connectivity index (χ0v) is 9.02. The summed E-state index contributed by atoms with van der Waals surface area (Å²) in [6, 6.07) is 7.70. The molecule has 1 heterocycles. The minimum atomic E-state index is -0.210. The number of aliphatic hydroxyl groups is 1. The van der Waals surface area contributed by atoms with E-state index in [1.165, 1.54) is 0 Å². The quantitative estimate of drug-likeness (QED) is 0.698. The van der Waals surface area contributed by atoms with Crippen LogP contribution >= 0.6 is 0 Å². The highest BCUT2D eigenvalue weighted by Crippen LogP contribution is 2.20. The van der Waals surface area contributed by atoms with Crippen LogP contribution in [0.2, 0.25) is 0 Å². The lowest BCUT2D eigenvalue weighted by molar-refractivity contribution is 0.262. The molecule has 1 atom stereocenters. The van der Waals surface area contributed by atoms with Crippen molar-refractivity contribution in [3.8, 4) is 0 Å². The molecular weight excluding hydrogens is 204 g/mol. The molecule has 0 radical (unpaired) electrons. The average Bonchev–Trinajstić information content (AvgIpc) is 2.73. The first-order valence-electron chi connectivity index (χ1n) is 5.33. The Morgan fingerprint density at radius 3 is 3.00 bits per heavy atom. The molecule has 1 unspecified atom stereocenters. The average molecular weight is 220 g/mol. The number of hydrogen-bond donors (Lipinski definition) is 3. The lowest BCUT2D eigenvalue weighted by atomic mass is 10.2. The molecule has 16 heavy (non-hydrogen) atoms. The maximum absolute atomic E-state index is 8.78. The van der Waals surface area contributed by atoms with E-state index in [1.54, 1.807) is 6.26 Å². The molecule has 4 N–H and O–H groups in total. The Hall–Kier alpha value is -1.36. The fourth-order valence-electron chi connectivity index (χ4n) is 1.63. The van der Waals surface area contributed by atoms with Gasteiger partial charge in [-0.05, 0) is 6.07 Å². The molecule has 0 saturated carbocycles. The van der Waals surface area contributed by atoms with E-state index in [4.69, 9.17) is 15.3 Å². The molecule has 0 amide bonds. The van der Waals surface area contributed by atoms with Crippen molar-refractivity contribution in [3.05, 3.63) is 36.1 Å². The van der Waals surface area contributed by atoms with Crippen molar-refractivity contribution in [1.29, 1.82) is 0 Å². The highest BCUT2D eigenvalue weighted by Gasteiger charge is 2.05. The second kappa shape index (κ2) is 5.12. The first-order valence-corrected chi connectivity index (χ1v) is 5.33. The Bertz CT molecular complexity index is 453. The zero-order chi connectivity index (χ0) is 11.4. The molecule has 4 heteroatoms. The summed E-state index contributed by atoms with van der Waals surface area (Å²) in [5, 5.41) is 13.1. The molecule has 0 fully saturated rings. The molecule has 0 aliphatic carbocycles. The van der Waals surface area contributed by atoms with Crippen LogP contribution in [0.5, 0.6) is 0 Å². The second-order valence-corrected chi connectivity index (χ2v) is 3.83. The highest BCUT2D eigenvalue weighted by molar-refractivity contribution is 5.80. The van der Waals surface area contributed by atoms with Crippen LogP contribution in [0.25, 0.3) is 11.0 Å². The van der Waals surface area contributed by atoms with E-state index in [1.807, 2.05) is 24.3 Å². The van der Waals surface area contributed by atoms with Crippen molar-refractivity contribution in [2.24, 2.45) is 5.73 Å². The normalized spacial score (nSPS) is 13.1. The molecule has 2 aromatic rings. The number of benzene rings is 1. The van der Waals surface area contributed by atoms with Crippen LogP contribution in [-0.4, -0.2) is 24.3 Å². The van der Waals surface area contributed by atoms with Gasteiger partial charge in [0.25, 0.3) is 0 Å². The summed E-state index contributed by atoms with van der Waals surface area (Å²) in [5.41, 5.74) is 7.60. The molecule has 86 valence electrons. The van der Waals surface area contributed by atoms with Crippen LogP contribution < -0.4 is 11.1 Å². The molecule has 0 saturated heterocycles. The topological polar surface area (TPSA) is 71.4 Å². The van der Waals surface area contributed by atoms with Gasteiger partial charge in [-0.25, -0.2) is 0 Å². The first kappa shape index (κ1) is 11.1. The van der Waals surface area contributed by atoms with Gasteiger partial charge in [0.05, 0.1) is 12.9 Å². The summed E-state index contributed by atoms with van der Waals surface area (Å²) in [7, 11) is 0. The first-order chi connectivity index (χ1) is 7.81. The van der Waals surface area contributed by atoms with Crippen LogP contribution in [0.4, 0.5) is 0 Å². The van der Waals surface area contributed by atoms with Gasteiger partial charge in [-0.2, -0.15) is 0 Å². The Morgan fingerprint density at radius 2 is 2.19 bits per heavy atom. The highest BCUT2D eigenvalue weighted by atomic mass is 16.3. The molecular formula is C12H16N2O2. The van der Waals surface area contributed by atoms with Gasteiger partial charge in [0.2, 0.25) is 0 Å². The van der Waals surface area contributed by atoms with Gasteiger partial charge in [0.1, 0.15) is 5.58 Å². The minimum absolute atomic E-state index is 0.000859. The molecule has 2 rings (SSSR count). The van der Waals surface area contributed by atoms with Crippen molar-refractivity contribution in [3.63, 3.8) is 0 Å². The number of nitrogens with one attached hydrogen (secondary N) is 1. The van der Waals surface area contributed by atoms with E-state index in [0.29, 0.717) is 13.1 Å². The van der Waals surface area contributed by atoms with Gasteiger partial charge in [-0.15, -0.1) is 0 Å². The fraction of sp³-hybridized carbons (Fsp3) is 0.333. The summed E-state index contributed by atoms with van der Waals surface area (Å²) in [6.07, 6.45) is 1.75. The van der Waals surface area contributed by atoms with Crippen molar-refractivity contribution in [2.75, 3.05) is 13.2 Å². The summed E-state index contributed by atoms with van der Waals surface area (Å²) >= 11 is 0. The SMILES string of the molecule is NC(CO)CNCc1coc2ccccc12. The van der Waals surface area contributed by atoms with E-state index in [2.05, 4.69) is 5.32 Å². The smallest absolute Gasteiger partial charge is 0.134 e. The van der Waals surface area contributed by atoms with Crippen LogP contribution in [0.1, 0.15) is 5.56 Å². The third-order valence-corrected chi connectivity index (χ3v) is 2.52. The van der Waals surface area contributed by atoms with E-state index >= 15 is 0 Å². The zero-order valence-electron chi connectivity index (χ0n) is 9.02. The molecule has 1 aromatic heterocycles. The molecule has 4 nitrogen and oxygen atoms in total. The monoisotopic (exact) mass is 220 g/mol. The van der Waals surface area contributed by atoms with E-state index in [0.717, 1.165) is 16.5 Å². The maximum Gasteiger partial charge on any atom is 0.134 e. The van der Waals surface area contributed by atoms with Crippen LogP contribution in [-0.2, 0) is 6.54 Å². The van der Waals surface area contributed by atoms with Gasteiger partial charge in [-0.1, -0.05) is 18.2 Å². The molecule has 0 aliphatic rings. The fourth-order valence-corrected chi connectivity index (χ4v) is 1.63. The molecule has 0 spiro atoms. The van der Waals surface area contributed by atoms with Gasteiger partial charge < -0.3 is 20.6 Å². The Kier molecular flexibility index (Phi) is 3.56. The Labute approximate surface area is 94.1 Å². The van der Waals surface area contributed by atoms with Gasteiger partial charge in [-0.3, -0.25) is 0 Å². The van der Waals surface area contributed by atoms with Crippen LogP contribution in [0.3, 0.4) is 0 Å². The summed E-state index contributed by atoms with van der Waals surface area (Å²) in [6.45, 7) is 1.29. The predicted octanol–water partition coefficient (Wildman–Crippen LogP) is 0.842. The van der Waals surface area contributed by atoms with E-state index in [9.17, 15) is 0 Å². The lowest BCUT2D eigenvalue weighted by Crippen LogP contribution is -2.36. The minimum Gasteiger partial charge on any atom is -0.464 e. The van der Waals surface area contributed by atoms with Crippen molar-refractivity contribution >= 4 is 11.0 Å². The van der Waals surface area contributed by atoms with Gasteiger partial charge >= 0.3 is 0 Å². The maximum atomic E-state index is 8.78. The summed E-state index contributed by atoms with van der Waals surface area (Å²) in [5.74, 6) is 0. The Morgan fingerprint density at radius 1 is 1.38 bits per heavy atom. The largest absolute Gasteiger partial charge is 0.464 e. The summed E-state index contributed by atoms with van der Waals surface area (Å²) in [4.78, 5) is 0. The number of nitrogens with two attached hydrogens (primary N) is 1. The van der Waals surface area contributed by atoms with Gasteiger partial charge in [0.15, 0.2) is 0 Å². The third-order valence-electron chi connectivity index (χ3n) is 2.52. The summed E-state index contributed by atoms with van der Waals surface area (Å²) < 4.78 is 5.41. The molecule has 0 aliphatic heterocycles. The van der Waals surface area contributed by atoms with Crippen molar-refractivity contribution < 1.29 is 9.52 Å². The molecule has 0 bridgehead atoms. The standard InChI is InChI=1S/C12H16N2O2/c13-10(7-15)6-14-5-9-8-16-12-4-2-1-3-11(9)12/h1-4,8,10,14-15H,5-7,13H2. The number of fused-ring (bicyclic) bond motifs is 1. The third kappa shape index (κ3) is 2.41. The number of rotatable bonds is 5. The second-order valence-electron chi connectivity index (χ2n) is 3.83. The number of aliphatic hydroxyl groups excluding tert-OH is 1. The lowest BCUT2D eigenvalue weighted by Gasteiger charge is -2.08. The predicted molar refractivity (Wildman–Crippen MR) is 63.0 cm³/mol. The van der Waals surface area contributed by atoms with Crippen LogP contribution in [0.15, 0.2) is 34.9 Å². The van der Waals surface area contributed by atoms with Crippen LogP contribution in [0, 0.1) is 0 Å². The van der Waals surface area contributed by atoms with E-state index in [-0.39, 0.29) is 12.6 Å². The number of furan rings is 1. The van der Waals surface area contributed by atoms with E-state index < -0.39 is 0 Å². The number of hydrogen-bond acceptors (Lipinski definition) is 4. The Balaban J connectivity index is 1.99.